The second-order valence-electron chi connectivity index (χ2n) is 4.99. The molecule has 7 heteroatoms. The van der Waals surface area contributed by atoms with Gasteiger partial charge in [0.1, 0.15) is 6.61 Å². The number of rotatable bonds is 7. The van der Waals surface area contributed by atoms with Gasteiger partial charge in [-0.3, -0.25) is 4.79 Å². The molecule has 0 fully saturated rings. The highest BCUT2D eigenvalue weighted by atomic mass is 16.5. The summed E-state index contributed by atoms with van der Waals surface area (Å²) in [7, 11) is 2.71. The predicted octanol–water partition coefficient (Wildman–Crippen LogP) is 1.89. The Morgan fingerprint density at radius 2 is 1.57 bits per heavy atom. The number of methoxy groups -OCH3 is 2. The highest BCUT2D eigenvalue weighted by molar-refractivity contribution is 5.89. The van der Waals surface area contributed by atoms with Crippen molar-refractivity contribution in [2.75, 3.05) is 20.8 Å². The third-order valence-electron chi connectivity index (χ3n) is 2.86. The van der Waals surface area contributed by atoms with Crippen molar-refractivity contribution in [1.29, 1.82) is 0 Å². The van der Waals surface area contributed by atoms with Crippen LogP contribution in [0.15, 0.2) is 12.1 Å². The van der Waals surface area contributed by atoms with Gasteiger partial charge in [0.15, 0.2) is 11.5 Å². The van der Waals surface area contributed by atoms with Crippen LogP contribution in [-0.4, -0.2) is 43.0 Å². The van der Waals surface area contributed by atoms with E-state index in [-0.39, 0.29) is 29.4 Å². The van der Waals surface area contributed by atoms with E-state index in [0.29, 0.717) is 0 Å². The Morgan fingerprint density at radius 1 is 1.10 bits per heavy atom. The van der Waals surface area contributed by atoms with Gasteiger partial charge in [-0.25, -0.2) is 4.79 Å². The molecule has 7 nitrogen and oxygen atoms in total. The summed E-state index contributed by atoms with van der Waals surface area (Å²) in [4.78, 5) is 22.1. The van der Waals surface area contributed by atoms with Crippen molar-refractivity contribution in [1.82, 2.24) is 0 Å². The van der Waals surface area contributed by atoms with Crippen molar-refractivity contribution in [3.63, 3.8) is 0 Å². The Hall–Kier alpha value is -2.44. The minimum Gasteiger partial charge on any atom is -0.493 e. The lowest BCUT2D eigenvalue weighted by molar-refractivity contribution is -0.148. The van der Waals surface area contributed by atoms with Crippen molar-refractivity contribution in [3.05, 3.63) is 17.7 Å². The summed E-state index contributed by atoms with van der Waals surface area (Å²) in [6.07, 6.45) is 0. The topological polar surface area (TPSA) is 102 Å². The zero-order chi connectivity index (χ0) is 16.2. The van der Waals surface area contributed by atoms with Gasteiger partial charge in [0.25, 0.3) is 0 Å². The van der Waals surface area contributed by atoms with E-state index in [4.69, 9.17) is 24.4 Å². The number of hydrogen-bond acceptors (Lipinski definition) is 5. The number of hydrogen-bond donors (Lipinski definition) is 2. The van der Waals surface area contributed by atoms with Crippen LogP contribution >= 0.6 is 0 Å². The smallest absolute Gasteiger partial charge is 0.335 e. The van der Waals surface area contributed by atoms with E-state index in [1.54, 1.807) is 0 Å². The summed E-state index contributed by atoms with van der Waals surface area (Å²) in [6, 6.07) is 2.57. The summed E-state index contributed by atoms with van der Waals surface area (Å²) in [5.74, 6) is -1.66. The first-order valence-electron chi connectivity index (χ1n) is 6.08. The standard InChI is InChI=1S/C14H18O7/c1-14(2,13(17)18)7-21-11-9(19-3)5-8(12(15)16)6-10(11)20-4/h5-6H,7H2,1-4H3,(H,15,16)(H,17,18). The highest BCUT2D eigenvalue weighted by Gasteiger charge is 2.29. The lowest BCUT2D eigenvalue weighted by Gasteiger charge is -2.22. The van der Waals surface area contributed by atoms with Crippen molar-refractivity contribution in [2.45, 2.75) is 13.8 Å². The van der Waals surface area contributed by atoms with Crippen LogP contribution in [0.3, 0.4) is 0 Å². The van der Waals surface area contributed by atoms with Gasteiger partial charge in [-0.05, 0) is 26.0 Å². The van der Waals surface area contributed by atoms with Crippen LogP contribution in [0.2, 0.25) is 0 Å². The van der Waals surface area contributed by atoms with Crippen molar-refractivity contribution >= 4 is 11.9 Å². The van der Waals surface area contributed by atoms with Crippen LogP contribution in [-0.2, 0) is 4.79 Å². The minimum atomic E-state index is -1.14. The summed E-state index contributed by atoms with van der Waals surface area (Å²) >= 11 is 0. The van der Waals surface area contributed by atoms with Gasteiger partial charge >= 0.3 is 11.9 Å². The first kappa shape index (κ1) is 16.6. The van der Waals surface area contributed by atoms with Crippen LogP contribution in [0.5, 0.6) is 17.2 Å². The molecule has 0 unspecified atom stereocenters. The first-order valence-corrected chi connectivity index (χ1v) is 6.08. The minimum absolute atomic E-state index is 0.0199. The van der Waals surface area contributed by atoms with Crippen LogP contribution in [0.25, 0.3) is 0 Å². The normalized spacial score (nSPS) is 10.9. The lowest BCUT2D eigenvalue weighted by atomic mass is 9.95. The van der Waals surface area contributed by atoms with Crippen LogP contribution in [0.4, 0.5) is 0 Å². The third-order valence-corrected chi connectivity index (χ3v) is 2.86. The number of carboxylic acid groups (broad SMARTS) is 2. The molecule has 0 spiro atoms. The van der Waals surface area contributed by atoms with E-state index in [9.17, 15) is 9.59 Å². The molecular formula is C14H18O7. The van der Waals surface area contributed by atoms with E-state index in [1.807, 2.05) is 0 Å². The zero-order valence-electron chi connectivity index (χ0n) is 12.3. The molecule has 0 aliphatic heterocycles. The molecule has 0 saturated carbocycles. The lowest BCUT2D eigenvalue weighted by Crippen LogP contribution is -2.30. The molecule has 1 aromatic carbocycles. The number of carbonyl (C=O) groups is 2. The molecule has 0 radical (unpaired) electrons. The molecule has 116 valence electrons. The van der Waals surface area contributed by atoms with Gasteiger partial charge in [0, 0.05) is 0 Å². The highest BCUT2D eigenvalue weighted by Crippen LogP contribution is 2.39. The Morgan fingerprint density at radius 3 is 1.90 bits per heavy atom. The molecule has 0 amide bonds. The maximum atomic E-state index is 11.1. The molecule has 0 saturated heterocycles. The van der Waals surface area contributed by atoms with Crippen LogP contribution in [0, 0.1) is 5.41 Å². The fraction of sp³-hybridized carbons (Fsp3) is 0.429. The predicted molar refractivity (Wildman–Crippen MR) is 73.4 cm³/mol. The Balaban J connectivity index is 3.16. The molecule has 0 heterocycles. The second kappa shape index (κ2) is 6.34. The van der Waals surface area contributed by atoms with Gasteiger partial charge in [0.2, 0.25) is 5.75 Å². The van der Waals surface area contributed by atoms with E-state index in [0.717, 1.165) is 0 Å². The van der Waals surface area contributed by atoms with Gasteiger partial charge in [-0.2, -0.15) is 0 Å². The maximum absolute atomic E-state index is 11.1. The monoisotopic (exact) mass is 298 g/mol. The molecule has 1 aromatic rings. The van der Waals surface area contributed by atoms with Gasteiger partial charge < -0.3 is 24.4 Å². The summed E-state index contributed by atoms with van der Waals surface area (Å²) in [5, 5.41) is 18.1. The van der Waals surface area contributed by atoms with Gasteiger partial charge in [-0.15, -0.1) is 0 Å². The van der Waals surface area contributed by atoms with Crippen molar-refractivity contribution in [2.24, 2.45) is 5.41 Å². The van der Waals surface area contributed by atoms with Gasteiger partial charge in [0.05, 0.1) is 25.2 Å². The molecule has 21 heavy (non-hydrogen) atoms. The molecule has 0 aliphatic carbocycles. The number of aliphatic carboxylic acids is 1. The largest absolute Gasteiger partial charge is 0.493 e. The number of benzene rings is 1. The summed E-state index contributed by atoms with van der Waals surface area (Å²) in [6.45, 7) is 2.90. The average molecular weight is 298 g/mol. The fourth-order valence-electron chi connectivity index (χ4n) is 1.46. The number of carboxylic acids is 2. The summed E-state index contributed by atoms with van der Waals surface area (Å²) in [5.41, 5.74) is -1.13. The van der Waals surface area contributed by atoms with E-state index in [2.05, 4.69) is 0 Å². The Labute approximate surface area is 122 Å². The van der Waals surface area contributed by atoms with Crippen molar-refractivity contribution < 1.29 is 34.0 Å². The Bertz CT molecular complexity index is 523. The van der Waals surface area contributed by atoms with E-state index >= 15 is 0 Å². The first-order chi connectivity index (χ1) is 9.72. The quantitative estimate of drug-likeness (QED) is 0.792. The zero-order valence-corrected chi connectivity index (χ0v) is 12.3. The summed E-state index contributed by atoms with van der Waals surface area (Å²) < 4.78 is 15.7. The molecule has 0 bridgehead atoms. The molecule has 0 aliphatic rings. The molecule has 0 aromatic heterocycles. The number of aromatic carboxylic acids is 1. The SMILES string of the molecule is COc1cc(C(=O)O)cc(OC)c1OCC(C)(C)C(=O)O. The Kier molecular flexibility index (Phi) is 5.02. The van der Waals surface area contributed by atoms with Gasteiger partial charge in [-0.1, -0.05) is 0 Å². The van der Waals surface area contributed by atoms with Crippen LogP contribution < -0.4 is 14.2 Å². The third kappa shape index (κ3) is 3.77. The van der Waals surface area contributed by atoms with E-state index < -0.39 is 17.4 Å². The van der Waals surface area contributed by atoms with E-state index in [1.165, 1.54) is 40.2 Å². The molecule has 0 atom stereocenters. The molecular weight excluding hydrogens is 280 g/mol. The maximum Gasteiger partial charge on any atom is 0.335 e. The van der Waals surface area contributed by atoms with Crippen molar-refractivity contribution in [3.8, 4) is 17.2 Å². The van der Waals surface area contributed by atoms with Crippen LogP contribution in [0.1, 0.15) is 24.2 Å². The average Bonchev–Trinajstić information content (AvgIpc) is 2.43. The fourth-order valence-corrected chi connectivity index (χ4v) is 1.46. The molecule has 1 rings (SSSR count). The number of ether oxygens (including phenoxy) is 3. The molecule has 2 N–H and O–H groups in total. The second-order valence-corrected chi connectivity index (χ2v) is 4.99.